The van der Waals surface area contributed by atoms with Gasteiger partial charge in [0, 0.05) is 24.7 Å². The lowest BCUT2D eigenvalue weighted by atomic mass is 10.0. The first-order chi connectivity index (χ1) is 13.9. The van der Waals surface area contributed by atoms with E-state index >= 15 is 0 Å². The summed E-state index contributed by atoms with van der Waals surface area (Å²) in [6.45, 7) is 4.96. The Morgan fingerprint density at radius 1 is 0.966 bits per heavy atom. The van der Waals surface area contributed by atoms with Crippen LogP contribution in [0.1, 0.15) is 17.5 Å². The predicted molar refractivity (Wildman–Crippen MR) is 116 cm³/mol. The van der Waals surface area contributed by atoms with E-state index in [-0.39, 0.29) is 10.8 Å². The van der Waals surface area contributed by atoms with Crippen LogP contribution >= 0.6 is 0 Å². The minimum absolute atomic E-state index is 0.190. The molecule has 29 heavy (non-hydrogen) atoms. The van der Waals surface area contributed by atoms with Crippen molar-refractivity contribution in [3.05, 3.63) is 65.7 Å². The number of nitrogens with one attached hydrogen (secondary N) is 2. The minimum Gasteiger partial charge on any atom is -0.370 e. The summed E-state index contributed by atoms with van der Waals surface area (Å²) in [6, 6.07) is 16.2. The quantitative estimate of drug-likeness (QED) is 0.491. The summed E-state index contributed by atoms with van der Waals surface area (Å²) in [5.41, 5.74) is 9.98. The van der Waals surface area contributed by atoms with E-state index in [9.17, 15) is 8.42 Å². The Balaban J connectivity index is 1.59. The molecule has 1 aromatic heterocycles. The van der Waals surface area contributed by atoms with Crippen LogP contribution < -0.4 is 15.8 Å². The summed E-state index contributed by atoms with van der Waals surface area (Å²) >= 11 is 0. The van der Waals surface area contributed by atoms with Crippen molar-refractivity contribution >= 4 is 21.8 Å². The maximum Gasteiger partial charge on any atom is 0.240 e. The van der Waals surface area contributed by atoms with Crippen molar-refractivity contribution in [1.82, 2.24) is 14.7 Å². The summed E-state index contributed by atoms with van der Waals surface area (Å²) in [7, 11) is -3.49. The Bertz CT molecular complexity index is 1090. The zero-order valence-electron chi connectivity index (χ0n) is 16.5. The van der Waals surface area contributed by atoms with Gasteiger partial charge in [0.25, 0.3) is 0 Å². The molecule has 0 bridgehead atoms. The van der Waals surface area contributed by atoms with Gasteiger partial charge in [-0.05, 0) is 43.5 Å². The van der Waals surface area contributed by atoms with Gasteiger partial charge in [-0.2, -0.15) is 4.98 Å². The number of nitrogen functional groups attached to an aromatic ring is 1. The molecule has 4 N–H and O–H groups in total. The highest BCUT2D eigenvalue weighted by Gasteiger charge is 2.12. The van der Waals surface area contributed by atoms with Crippen molar-refractivity contribution in [2.45, 2.75) is 25.2 Å². The average molecular weight is 412 g/mol. The first-order valence-electron chi connectivity index (χ1n) is 9.36. The first-order valence-corrected chi connectivity index (χ1v) is 10.8. The molecular formula is C21H25N5O2S. The van der Waals surface area contributed by atoms with Crippen molar-refractivity contribution in [2.24, 2.45) is 0 Å². The fraction of sp³-hybridized carbons (Fsp3) is 0.238. The summed E-state index contributed by atoms with van der Waals surface area (Å²) < 4.78 is 27.0. The average Bonchev–Trinajstić information content (AvgIpc) is 2.70. The Kier molecular flexibility index (Phi) is 6.46. The molecule has 0 fully saturated rings. The van der Waals surface area contributed by atoms with Gasteiger partial charge >= 0.3 is 0 Å². The second kappa shape index (κ2) is 9.02. The number of anilines is 2. The van der Waals surface area contributed by atoms with Gasteiger partial charge in [-0.25, -0.2) is 18.1 Å². The molecule has 8 heteroatoms. The third-order valence-electron chi connectivity index (χ3n) is 4.63. The number of nitrogens with zero attached hydrogens (tertiary/aromatic N) is 2. The van der Waals surface area contributed by atoms with E-state index in [0.29, 0.717) is 25.3 Å². The van der Waals surface area contributed by atoms with E-state index in [4.69, 9.17) is 5.73 Å². The van der Waals surface area contributed by atoms with Crippen LogP contribution in [0.5, 0.6) is 0 Å². The van der Waals surface area contributed by atoms with Gasteiger partial charge in [0.1, 0.15) is 5.82 Å². The molecule has 0 atom stereocenters. The fourth-order valence-corrected chi connectivity index (χ4v) is 4.01. The summed E-state index contributed by atoms with van der Waals surface area (Å²) in [4.78, 5) is 8.83. The van der Waals surface area contributed by atoms with Crippen LogP contribution in [0.4, 0.5) is 11.8 Å². The van der Waals surface area contributed by atoms with Crippen LogP contribution in [-0.4, -0.2) is 31.5 Å². The smallest absolute Gasteiger partial charge is 0.240 e. The van der Waals surface area contributed by atoms with Crippen molar-refractivity contribution < 1.29 is 8.42 Å². The Hall–Kier alpha value is -2.97. The molecule has 7 nitrogen and oxygen atoms in total. The number of hydrogen-bond acceptors (Lipinski definition) is 6. The second-order valence-electron chi connectivity index (χ2n) is 6.74. The maximum atomic E-state index is 12.2. The number of aromatic nitrogens is 2. The standard InChI is InChI=1S/C21H25N5O2S/c1-15-8-6-11-18(16(15)2)19-14-20(26-21(22)25-19)23-12-7-13-24-29(27,28)17-9-4-3-5-10-17/h3-6,8-11,14,24H,7,12-13H2,1-2H3,(H3,22,23,25,26). The first kappa shape index (κ1) is 20.8. The van der Waals surface area contributed by atoms with E-state index < -0.39 is 10.0 Å². The van der Waals surface area contributed by atoms with Gasteiger partial charge in [0.2, 0.25) is 16.0 Å². The van der Waals surface area contributed by atoms with Gasteiger partial charge in [0.05, 0.1) is 10.6 Å². The minimum atomic E-state index is -3.49. The van der Waals surface area contributed by atoms with E-state index in [0.717, 1.165) is 16.8 Å². The van der Waals surface area contributed by atoms with Crippen molar-refractivity contribution in [1.29, 1.82) is 0 Å². The van der Waals surface area contributed by atoms with Gasteiger partial charge in [-0.3, -0.25) is 0 Å². The van der Waals surface area contributed by atoms with E-state index in [1.54, 1.807) is 30.3 Å². The van der Waals surface area contributed by atoms with Crippen LogP contribution in [0.3, 0.4) is 0 Å². The van der Waals surface area contributed by atoms with Crippen molar-refractivity contribution in [3.63, 3.8) is 0 Å². The molecule has 0 aliphatic rings. The summed E-state index contributed by atoms with van der Waals surface area (Å²) in [5.74, 6) is 0.801. The highest BCUT2D eigenvalue weighted by atomic mass is 32.2. The number of hydrogen-bond donors (Lipinski definition) is 3. The molecule has 0 amide bonds. The third kappa shape index (κ3) is 5.30. The number of aryl methyl sites for hydroxylation is 1. The Labute approximate surface area is 171 Å². The van der Waals surface area contributed by atoms with Gasteiger partial charge in [-0.1, -0.05) is 36.4 Å². The molecule has 0 aliphatic carbocycles. The molecule has 0 saturated heterocycles. The van der Waals surface area contributed by atoms with Crippen LogP contribution in [0.25, 0.3) is 11.3 Å². The third-order valence-corrected chi connectivity index (χ3v) is 6.11. The largest absolute Gasteiger partial charge is 0.370 e. The zero-order valence-corrected chi connectivity index (χ0v) is 17.3. The van der Waals surface area contributed by atoms with Gasteiger partial charge in [-0.15, -0.1) is 0 Å². The number of rotatable bonds is 8. The Morgan fingerprint density at radius 3 is 2.48 bits per heavy atom. The lowest BCUT2D eigenvalue weighted by Gasteiger charge is -2.11. The maximum absolute atomic E-state index is 12.2. The molecule has 2 aromatic carbocycles. The molecule has 0 aliphatic heterocycles. The molecule has 0 radical (unpaired) electrons. The van der Waals surface area contributed by atoms with Crippen molar-refractivity contribution in [3.8, 4) is 11.3 Å². The van der Waals surface area contributed by atoms with E-state index in [2.05, 4.69) is 39.9 Å². The molecule has 0 saturated carbocycles. The van der Waals surface area contributed by atoms with E-state index in [1.165, 1.54) is 5.56 Å². The normalized spacial score (nSPS) is 11.4. The summed E-state index contributed by atoms with van der Waals surface area (Å²) in [5, 5.41) is 3.19. The number of sulfonamides is 1. The fourth-order valence-electron chi connectivity index (χ4n) is 2.92. The monoisotopic (exact) mass is 411 g/mol. The Morgan fingerprint density at radius 2 is 1.72 bits per heavy atom. The number of benzene rings is 2. The molecule has 0 spiro atoms. The van der Waals surface area contributed by atoms with E-state index in [1.807, 2.05) is 18.2 Å². The lowest BCUT2D eigenvalue weighted by molar-refractivity contribution is 0.580. The van der Waals surface area contributed by atoms with Crippen LogP contribution in [-0.2, 0) is 10.0 Å². The molecule has 3 rings (SSSR count). The lowest BCUT2D eigenvalue weighted by Crippen LogP contribution is -2.26. The van der Waals surface area contributed by atoms with Crippen LogP contribution in [0.15, 0.2) is 59.5 Å². The topological polar surface area (TPSA) is 110 Å². The molecule has 3 aromatic rings. The van der Waals surface area contributed by atoms with Crippen LogP contribution in [0.2, 0.25) is 0 Å². The molecule has 152 valence electrons. The SMILES string of the molecule is Cc1cccc(-c2cc(NCCCNS(=O)(=O)c3ccccc3)nc(N)n2)c1C. The highest BCUT2D eigenvalue weighted by Crippen LogP contribution is 2.26. The second-order valence-corrected chi connectivity index (χ2v) is 8.50. The molecule has 1 heterocycles. The molecule has 0 unspecified atom stereocenters. The summed E-state index contributed by atoms with van der Waals surface area (Å²) in [6.07, 6.45) is 0.592. The van der Waals surface area contributed by atoms with Gasteiger partial charge < -0.3 is 11.1 Å². The highest BCUT2D eigenvalue weighted by molar-refractivity contribution is 7.89. The zero-order chi connectivity index (χ0) is 20.9. The van der Waals surface area contributed by atoms with Crippen LogP contribution in [0, 0.1) is 13.8 Å². The predicted octanol–water partition coefficient (Wildman–Crippen LogP) is 3.12. The number of nitrogens with two attached hydrogens (primary N) is 1. The van der Waals surface area contributed by atoms with Crippen molar-refractivity contribution in [2.75, 3.05) is 24.1 Å². The van der Waals surface area contributed by atoms with Gasteiger partial charge in [0.15, 0.2) is 0 Å². The molecular weight excluding hydrogens is 386 g/mol.